The molecule has 3 aromatic rings. The van der Waals surface area contributed by atoms with Gasteiger partial charge in [0.1, 0.15) is 6.04 Å². The SMILES string of the molecule is CC(C(=O)NCCC(c1ccccc1)c1ccccc1)N(Cc1ccccc1)C(=O)O. The summed E-state index contributed by atoms with van der Waals surface area (Å²) in [5, 5.41) is 12.5. The van der Waals surface area contributed by atoms with E-state index in [1.807, 2.05) is 66.7 Å². The fourth-order valence-corrected chi connectivity index (χ4v) is 3.68. The van der Waals surface area contributed by atoms with Gasteiger partial charge >= 0.3 is 6.09 Å². The van der Waals surface area contributed by atoms with Crippen molar-refractivity contribution < 1.29 is 14.7 Å². The van der Waals surface area contributed by atoms with Crippen molar-refractivity contribution in [3.63, 3.8) is 0 Å². The maximum Gasteiger partial charge on any atom is 0.408 e. The molecule has 3 rings (SSSR count). The van der Waals surface area contributed by atoms with Gasteiger partial charge in [0.25, 0.3) is 0 Å². The number of rotatable bonds is 9. The average Bonchev–Trinajstić information content (AvgIpc) is 2.81. The van der Waals surface area contributed by atoms with Gasteiger partial charge in [-0.15, -0.1) is 0 Å². The molecule has 0 saturated carbocycles. The molecule has 0 heterocycles. The summed E-state index contributed by atoms with van der Waals surface area (Å²) in [6.45, 7) is 2.25. The van der Waals surface area contributed by atoms with Gasteiger partial charge in [-0.3, -0.25) is 9.69 Å². The predicted octanol–water partition coefficient (Wildman–Crippen LogP) is 4.89. The minimum atomic E-state index is -1.11. The van der Waals surface area contributed by atoms with Crippen LogP contribution < -0.4 is 5.32 Å². The molecule has 5 nitrogen and oxygen atoms in total. The highest BCUT2D eigenvalue weighted by Gasteiger charge is 2.26. The zero-order valence-electron chi connectivity index (χ0n) is 17.6. The summed E-state index contributed by atoms with van der Waals surface area (Å²) in [5.41, 5.74) is 3.22. The van der Waals surface area contributed by atoms with Crippen LogP contribution in [0, 0.1) is 0 Å². The smallest absolute Gasteiger partial charge is 0.408 e. The second-order valence-electron chi connectivity index (χ2n) is 7.53. The lowest BCUT2D eigenvalue weighted by Crippen LogP contribution is -2.47. The number of amides is 2. The molecule has 31 heavy (non-hydrogen) atoms. The molecule has 2 N–H and O–H groups in total. The van der Waals surface area contributed by atoms with Crippen LogP contribution in [0.4, 0.5) is 4.79 Å². The summed E-state index contributed by atoms with van der Waals surface area (Å²) in [4.78, 5) is 25.6. The van der Waals surface area contributed by atoms with E-state index in [0.717, 1.165) is 16.9 Å². The Morgan fingerprint density at radius 2 is 1.32 bits per heavy atom. The standard InChI is InChI=1S/C26H28N2O3/c1-20(28(26(30)31)19-21-11-5-2-6-12-21)25(29)27-18-17-24(22-13-7-3-8-14-22)23-15-9-4-10-16-23/h2-16,20,24H,17-19H2,1H3,(H,27,29)(H,30,31). The molecule has 2 amide bonds. The van der Waals surface area contributed by atoms with Crippen LogP contribution in [0.2, 0.25) is 0 Å². The van der Waals surface area contributed by atoms with E-state index in [1.165, 1.54) is 11.1 Å². The lowest BCUT2D eigenvalue weighted by atomic mass is 9.88. The van der Waals surface area contributed by atoms with Crippen molar-refractivity contribution in [3.8, 4) is 0 Å². The Kier molecular flexibility index (Phi) is 7.82. The number of carboxylic acid groups (broad SMARTS) is 1. The van der Waals surface area contributed by atoms with Crippen molar-refractivity contribution in [2.75, 3.05) is 6.54 Å². The maximum atomic E-state index is 12.7. The van der Waals surface area contributed by atoms with Crippen LogP contribution in [0.1, 0.15) is 36.0 Å². The molecule has 1 atom stereocenters. The molecule has 1 unspecified atom stereocenters. The first-order chi connectivity index (χ1) is 15.1. The molecule has 0 aliphatic heterocycles. The molecular weight excluding hydrogens is 388 g/mol. The number of benzene rings is 3. The summed E-state index contributed by atoms with van der Waals surface area (Å²) in [6.07, 6.45) is -0.393. The van der Waals surface area contributed by atoms with Crippen molar-refractivity contribution in [1.29, 1.82) is 0 Å². The Morgan fingerprint density at radius 3 is 1.81 bits per heavy atom. The number of carbonyl (C=O) groups is 2. The number of hydrogen-bond donors (Lipinski definition) is 2. The van der Waals surface area contributed by atoms with Gasteiger partial charge in [0.05, 0.1) is 0 Å². The molecule has 0 radical (unpaired) electrons. The number of nitrogens with zero attached hydrogens (tertiary/aromatic N) is 1. The highest BCUT2D eigenvalue weighted by Crippen LogP contribution is 2.27. The first-order valence-corrected chi connectivity index (χ1v) is 10.5. The highest BCUT2D eigenvalue weighted by molar-refractivity contribution is 5.84. The molecule has 0 fully saturated rings. The fourth-order valence-electron chi connectivity index (χ4n) is 3.68. The zero-order valence-corrected chi connectivity index (χ0v) is 17.6. The van der Waals surface area contributed by atoms with Crippen molar-refractivity contribution >= 4 is 12.0 Å². The fraction of sp³-hybridized carbons (Fsp3) is 0.231. The summed E-state index contributed by atoms with van der Waals surface area (Å²) < 4.78 is 0. The van der Waals surface area contributed by atoms with E-state index in [0.29, 0.717) is 6.54 Å². The quantitative estimate of drug-likeness (QED) is 0.522. The van der Waals surface area contributed by atoms with E-state index in [4.69, 9.17) is 0 Å². The largest absolute Gasteiger partial charge is 0.465 e. The zero-order chi connectivity index (χ0) is 22.1. The average molecular weight is 417 g/mol. The second kappa shape index (κ2) is 11.0. The van der Waals surface area contributed by atoms with Crippen LogP contribution in [-0.4, -0.2) is 34.6 Å². The lowest BCUT2D eigenvalue weighted by Gasteiger charge is -2.26. The molecule has 0 aliphatic carbocycles. The number of carbonyl (C=O) groups excluding carboxylic acids is 1. The van der Waals surface area contributed by atoms with E-state index in [2.05, 4.69) is 29.6 Å². The van der Waals surface area contributed by atoms with Crippen LogP contribution in [0.5, 0.6) is 0 Å². The van der Waals surface area contributed by atoms with Gasteiger partial charge in [-0.1, -0.05) is 91.0 Å². The van der Waals surface area contributed by atoms with Gasteiger partial charge < -0.3 is 10.4 Å². The van der Waals surface area contributed by atoms with Crippen LogP contribution in [0.25, 0.3) is 0 Å². The molecule has 0 aromatic heterocycles. The number of nitrogens with one attached hydrogen (secondary N) is 1. The Hall–Kier alpha value is -3.60. The van der Waals surface area contributed by atoms with E-state index in [1.54, 1.807) is 6.92 Å². The Balaban J connectivity index is 1.63. The topological polar surface area (TPSA) is 69.6 Å². The van der Waals surface area contributed by atoms with Crippen LogP contribution in [-0.2, 0) is 11.3 Å². The van der Waals surface area contributed by atoms with Gasteiger partial charge in [-0.05, 0) is 30.0 Å². The summed E-state index contributed by atoms with van der Waals surface area (Å²) in [5.74, 6) is -0.142. The Morgan fingerprint density at radius 1 is 0.839 bits per heavy atom. The molecule has 5 heteroatoms. The Bertz CT molecular complexity index is 922. The lowest BCUT2D eigenvalue weighted by molar-refractivity contribution is -0.125. The molecule has 160 valence electrons. The molecule has 0 aliphatic rings. The normalized spacial score (nSPS) is 11.7. The Labute approximate surface area is 183 Å². The second-order valence-corrected chi connectivity index (χ2v) is 7.53. The highest BCUT2D eigenvalue weighted by atomic mass is 16.4. The van der Waals surface area contributed by atoms with Crippen molar-refractivity contribution in [3.05, 3.63) is 108 Å². The van der Waals surface area contributed by atoms with Gasteiger partial charge in [0, 0.05) is 19.0 Å². The molecule has 0 saturated heterocycles. The minimum Gasteiger partial charge on any atom is -0.465 e. The molecular formula is C26H28N2O3. The number of hydrogen-bond acceptors (Lipinski definition) is 2. The summed E-state index contributed by atoms with van der Waals surface area (Å²) >= 11 is 0. The minimum absolute atomic E-state index is 0.151. The van der Waals surface area contributed by atoms with Gasteiger partial charge in [-0.25, -0.2) is 4.79 Å². The van der Waals surface area contributed by atoms with E-state index in [-0.39, 0.29) is 18.4 Å². The summed E-state index contributed by atoms with van der Waals surface area (Å²) in [7, 11) is 0. The first-order valence-electron chi connectivity index (χ1n) is 10.5. The maximum absolute atomic E-state index is 12.7. The monoisotopic (exact) mass is 416 g/mol. The third-order valence-electron chi connectivity index (χ3n) is 5.42. The van der Waals surface area contributed by atoms with Crippen molar-refractivity contribution in [2.24, 2.45) is 0 Å². The summed E-state index contributed by atoms with van der Waals surface area (Å²) in [6, 6.07) is 28.9. The van der Waals surface area contributed by atoms with Crippen LogP contribution in [0.3, 0.4) is 0 Å². The molecule has 3 aromatic carbocycles. The molecule has 0 spiro atoms. The molecule has 0 bridgehead atoms. The van der Waals surface area contributed by atoms with Crippen molar-refractivity contribution in [1.82, 2.24) is 10.2 Å². The first kappa shape index (κ1) is 22.1. The van der Waals surface area contributed by atoms with Crippen LogP contribution in [0.15, 0.2) is 91.0 Å². The third kappa shape index (κ3) is 6.19. The van der Waals surface area contributed by atoms with Crippen LogP contribution >= 0.6 is 0 Å². The van der Waals surface area contributed by atoms with Crippen molar-refractivity contribution in [2.45, 2.75) is 31.8 Å². The third-order valence-corrected chi connectivity index (χ3v) is 5.42. The van der Waals surface area contributed by atoms with Gasteiger partial charge in [0.2, 0.25) is 5.91 Å². The van der Waals surface area contributed by atoms with E-state index < -0.39 is 12.1 Å². The van der Waals surface area contributed by atoms with Gasteiger partial charge in [-0.2, -0.15) is 0 Å². The van der Waals surface area contributed by atoms with E-state index in [9.17, 15) is 14.7 Å². The van der Waals surface area contributed by atoms with Gasteiger partial charge in [0.15, 0.2) is 0 Å². The predicted molar refractivity (Wildman–Crippen MR) is 122 cm³/mol. The van der Waals surface area contributed by atoms with E-state index >= 15 is 0 Å².